The van der Waals surface area contributed by atoms with E-state index in [0.29, 0.717) is 12.1 Å². The Morgan fingerprint density at radius 1 is 0.837 bits per heavy atom. The summed E-state index contributed by atoms with van der Waals surface area (Å²) in [6, 6.07) is 19.4. The molecule has 0 spiro atoms. The van der Waals surface area contributed by atoms with Gasteiger partial charge < -0.3 is 10.2 Å². The van der Waals surface area contributed by atoms with Crippen LogP contribution >= 0.6 is 0 Å². The van der Waals surface area contributed by atoms with E-state index >= 15 is 0 Å². The number of amides is 2. The number of hydrogen-bond acceptors (Lipinski definition) is 4. The van der Waals surface area contributed by atoms with Crippen LogP contribution in [0.4, 0.5) is 5.69 Å². The van der Waals surface area contributed by atoms with E-state index in [1.807, 2.05) is 71.0 Å². The van der Waals surface area contributed by atoms with Crippen molar-refractivity contribution in [3.05, 3.63) is 94.5 Å². The molecule has 1 aliphatic carbocycles. The van der Waals surface area contributed by atoms with Crippen LogP contribution in [0.3, 0.4) is 0 Å². The molecule has 2 amide bonds. The van der Waals surface area contributed by atoms with E-state index in [9.17, 15) is 18.0 Å². The molecule has 0 radical (unpaired) electrons. The fraction of sp³-hybridized carbons (Fsp3) is 0.429. The van der Waals surface area contributed by atoms with E-state index < -0.39 is 28.5 Å². The summed E-state index contributed by atoms with van der Waals surface area (Å²) >= 11 is 0. The van der Waals surface area contributed by atoms with Gasteiger partial charge in [-0.25, -0.2) is 8.42 Å². The molecule has 1 aliphatic rings. The van der Waals surface area contributed by atoms with Crippen LogP contribution < -0.4 is 9.62 Å². The van der Waals surface area contributed by atoms with Crippen molar-refractivity contribution >= 4 is 27.5 Å². The van der Waals surface area contributed by atoms with Crippen LogP contribution in [0.5, 0.6) is 0 Å². The molecule has 0 bridgehead atoms. The smallest absolute Gasteiger partial charge is 0.264 e. The Morgan fingerprint density at radius 3 is 2.00 bits per heavy atom. The van der Waals surface area contributed by atoms with E-state index in [-0.39, 0.29) is 23.4 Å². The number of nitrogens with zero attached hydrogens (tertiary/aromatic N) is 2. The zero-order valence-electron chi connectivity index (χ0n) is 26.1. The Kier molecular flexibility index (Phi) is 10.7. The summed E-state index contributed by atoms with van der Waals surface area (Å²) in [5, 5.41) is 3.20. The minimum absolute atomic E-state index is 0.0975. The molecule has 4 rings (SSSR count). The van der Waals surface area contributed by atoms with Gasteiger partial charge in [0.2, 0.25) is 11.8 Å². The van der Waals surface area contributed by atoms with E-state index in [2.05, 4.69) is 5.32 Å². The Morgan fingerprint density at radius 2 is 1.42 bits per heavy atom. The van der Waals surface area contributed by atoms with Gasteiger partial charge in [-0.1, -0.05) is 91.4 Å². The summed E-state index contributed by atoms with van der Waals surface area (Å²) in [6.45, 7) is 9.35. The molecule has 1 fully saturated rings. The SMILES string of the molecule is CC[C@@H](C(=O)NC1CCCCC1)N(Cc1ccc(C)cc1)C(=O)CN(c1ccc(C)cc1C)S(=O)(=O)c1ccc(C)cc1. The Balaban J connectivity index is 1.72. The first-order valence-electron chi connectivity index (χ1n) is 15.3. The highest BCUT2D eigenvalue weighted by molar-refractivity contribution is 7.92. The molecule has 0 aromatic heterocycles. The Bertz CT molecular complexity index is 1510. The normalized spacial score (nSPS) is 14.6. The van der Waals surface area contributed by atoms with Gasteiger partial charge >= 0.3 is 0 Å². The first kappa shape index (κ1) is 32.3. The number of carbonyl (C=O) groups is 2. The minimum atomic E-state index is -4.10. The molecule has 1 N–H and O–H groups in total. The number of benzene rings is 3. The molecule has 43 heavy (non-hydrogen) atoms. The zero-order valence-corrected chi connectivity index (χ0v) is 26.9. The predicted molar refractivity (Wildman–Crippen MR) is 172 cm³/mol. The third kappa shape index (κ3) is 8.05. The van der Waals surface area contributed by atoms with Crippen molar-refractivity contribution in [3.8, 4) is 0 Å². The first-order valence-corrected chi connectivity index (χ1v) is 16.8. The third-order valence-corrected chi connectivity index (χ3v) is 10.1. The van der Waals surface area contributed by atoms with Crippen LogP contribution in [0.1, 0.15) is 73.3 Å². The number of rotatable bonds is 11. The van der Waals surface area contributed by atoms with Crippen LogP contribution in [0, 0.1) is 27.7 Å². The highest BCUT2D eigenvalue weighted by atomic mass is 32.2. The molecule has 0 unspecified atom stereocenters. The van der Waals surface area contributed by atoms with Crippen LogP contribution in [0.15, 0.2) is 71.6 Å². The summed E-state index contributed by atoms with van der Waals surface area (Å²) in [7, 11) is -4.10. The van der Waals surface area contributed by atoms with Gasteiger partial charge in [-0.3, -0.25) is 13.9 Å². The van der Waals surface area contributed by atoms with Gasteiger partial charge in [0.1, 0.15) is 12.6 Å². The lowest BCUT2D eigenvalue weighted by Gasteiger charge is -2.34. The second kappa shape index (κ2) is 14.2. The molecule has 3 aromatic carbocycles. The number of carbonyl (C=O) groups excluding carboxylic acids is 2. The number of aryl methyl sites for hydroxylation is 4. The number of hydrogen-bond donors (Lipinski definition) is 1. The van der Waals surface area contributed by atoms with Crippen molar-refractivity contribution in [2.24, 2.45) is 0 Å². The van der Waals surface area contributed by atoms with Crippen molar-refractivity contribution < 1.29 is 18.0 Å². The highest BCUT2D eigenvalue weighted by Gasteiger charge is 2.35. The topological polar surface area (TPSA) is 86.8 Å². The maximum Gasteiger partial charge on any atom is 0.264 e. The number of sulfonamides is 1. The van der Waals surface area contributed by atoms with Gasteiger partial charge in [-0.2, -0.15) is 0 Å². The minimum Gasteiger partial charge on any atom is -0.352 e. The standard InChI is InChI=1S/C35H45N3O4S/c1-6-32(35(40)36-30-10-8-7-9-11-30)37(23-29-17-12-25(2)13-18-29)34(39)24-38(33-21-16-27(4)22-28(33)5)43(41,42)31-19-14-26(3)15-20-31/h12-22,30,32H,6-11,23-24H2,1-5H3,(H,36,40)/t32-/m0/s1. The summed E-state index contributed by atoms with van der Waals surface area (Å²) in [6.07, 6.45) is 5.60. The highest BCUT2D eigenvalue weighted by Crippen LogP contribution is 2.29. The second-order valence-corrected chi connectivity index (χ2v) is 13.8. The lowest BCUT2D eigenvalue weighted by atomic mass is 9.95. The van der Waals surface area contributed by atoms with Crippen molar-refractivity contribution in [2.45, 2.75) is 96.7 Å². The lowest BCUT2D eigenvalue weighted by molar-refractivity contribution is -0.140. The van der Waals surface area contributed by atoms with Crippen LogP contribution in [-0.4, -0.2) is 43.8 Å². The molecule has 3 aromatic rings. The molecule has 0 saturated heterocycles. The lowest BCUT2D eigenvalue weighted by Crippen LogP contribution is -2.54. The average molecular weight is 604 g/mol. The maximum absolute atomic E-state index is 14.3. The summed E-state index contributed by atoms with van der Waals surface area (Å²) in [5.74, 6) is -0.615. The monoisotopic (exact) mass is 603 g/mol. The zero-order chi connectivity index (χ0) is 31.1. The van der Waals surface area contributed by atoms with Gasteiger partial charge in [-0.05, 0) is 76.3 Å². The van der Waals surface area contributed by atoms with Crippen LogP contribution in [-0.2, 0) is 26.2 Å². The summed E-state index contributed by atoms with van der Waals surface area (Å²) in [5.41, 5.74) is 5.08. The van der Waals surface area contributed by atoms with Gasteiger partial charge in [0, 0.05) is 12.6 Å². The molecular formula is C35H45N3O4S. The van der Waals surface area contributed by atoms with Gasteiger partial charge in [0.15, 0.2) is 0 Å². The Labute approximate surface area is 257 Å². The van der Waals surface area contributed by atoms with E-state index in [1.54, 1.807) is 35.2 Å². The van der Waals surface area contributed by atoms with E-state index in [4.69, 9.17) is 0 Å². The fourth-order valence-electron chi connectivity index (χ4n) is 5.79. The van der Waals surface area contributed by atoms with E-state index in [1.165, 1.54) is 10.7 Å². The molecule has 1 atom stereocenters. The maximum atomic E-state index is 14.3. The second-order valence-electron chi connectivity index (χ2n) is 11.9. The molecule has 0 aliphatic heterocycles. The quantitative estimate of drug-likeness (QED) is 0.276. The fourth-order valence-corrected chi connectivity index (χ4v) is 7.27. The van der Waals surface area contributed by atoms with Crippen molar-refractivity contribution in [1.82, 2.24) is 10.2 Å². The molecule has 1 saturated carbocycles. The van der Waals surface area contributed by atoms with Crippen molar-refractivity contribution in [2.75, 3.05) is 10.8 Å². The largest absolute Gasteiger partial charge is 0.352 e. The van der Waals surface area contributed by atoms with Crippen LogP contribution in [0.2, 0.25) is 0 Å². The summed E-state index contributed by atoms with van der Waals surface area (Å²) in [4.78, 5) is 29.7. The molecular weight excluding hydrogens is 558 g/mol. The van der Waals surface area contributed by atoms with Crippen LogP contribution in [0.25, 0.3) is 0 Å². The van der Waals surface area contributed by atoms with Crippen molar-refractivity contribution in [1.29, 1.82) is 0 Å². The van der Waals surface area contributed by atoms with E-state index in [0.717, 1.165) is 53.5 Å². The molecule has 7 nitrogen and oxygen atoms in total. The molecule has 230 valence electrons. The van der Waals surface area contributed by atoms with Crippen molar-refractivity contribution in [3.63, 3.8) is 0 Å². The third-order valence-electron chi connectivity index (χ3n) is 8.32. The molecule has 8 heteroatoms. The van der Waals surface area contributed by atoms with Gasteiger partial charge in [0.05, 0.1) is 10.6 Å². The van der Waals surface area contributed by atoms with Gasteiger partial charge in [0.25, 0.3) is 10.0 Å². The van der Waals surface area contributed by atoms with Gasteiger partial charge in [-0.15, -0.1) is 0 Å². The number of anilines is 1. The first-order chi connectivity index (χ1) is 20.5. The average Bonchev–Trinajstić information content (AvgIpc) is 2.98. The molecule has 0 heterocycles. The Hall–Kier alpha value is -3.65. The summed E-state index contributed by atoms with van der Waals surface area (Å²) < 4.78 is 29.5. The number of nitrogens with one attached hydrogen (secondary N) is 1. The predicted octanol–water partition coefficient (Wildman–Crippen LogP) is 6.37.